The van der Waals surface area contributed by atoms with Crippen LogP contribution in [-0.4, -0.2) is 58.1 Å². The van der Waals surface area contributed by atoms with Crippen LogP contribution in [0, 0.1) is 0 Å². The zero-order chi connectivity index (χ0) is 26.2. The second-order valence-corrected chi connectivity index (χ2v) is 10.6. The third-order valence-electron chi connectivity index (χ3n) is 6.55. The number of ketones is 1. The van der Waals surface area contributed by atoms with Crippen molar-refractivity contribution < 1.29 is 9.53 Å². The molecule has 0 atom stereocenters. The number of nitrogens with one attached hydrogen (secondary N) is 2. The van der Waals surface area contributed by atoms with Gasteiger partial charge in [-0.1, -0.05) is 18.2 Å². The van der Waals surface area contributed by atoms with E-state index in [1.54, 1.807) is 13.1 Å². The highest BCUT2D eigenvalue weighted by molar-refractivity contribution is 7.17. The summed E-state index contributed by atoms with van der Waals surface area (Å²) in [6, 6.07) is 20.5. The lowest BCUT2D eigenvalue weighted by Gasteiger charge is -2.11. The van der Waals surface area contributed by atoms with E-state index >= 15 is 0 Å². The highest BCUT2D eigenvalue weighted by Crippen LogP contribution is 2.37. The van der Waals surface area contributed by atoms with Crippen molar-refractivity contribution in [1.29, 1.82) is 0 Å². The van der Waals surface area contributed by atoms with E-state index in [4.69, 9.17) is 4.74 Å². The van der Waals surface area contributed by atoms with Crippen LogP contribution in [0.5, 0.6) is 5.75 Å². The molecule has 8 heteroatoms. The SMILES string of the molecule is CC(=O)c1ccc(-c2cccc3[nH]c(-c4n[nH]c5ccc(-c6cncc(OCCN(C)C)c6)cc45)cc23)s1. The predicted molar refractivity (Wildman–Crippen MR) is 154 cm³/mol. The quantitative estimate of drug-likeness (QED) is 0.219. The van der Waals surface area contributed by atoms with Crippen LogP contribution in [0.3, 0.4) is 0 Å². The Morgan fingerprint density at radius 1 is 0.974 bits per heavy atom. The maximum atomic E-state index is 11.8. The summed E-state index contributed by atoms with van der Waals surface area (Å²) in [6.45, 7) is 3.05. The molecule has 190 valence electrons. The number of Topliss-reactive ketones (excluding diaryl/α,β-unsaturated/α-hetero) is 1. The molecule has 38 heavy (non-hydrogen) atoms. The second-order valence-electron chi connectivity index (χ2n) is 9.56. The highest BCUT2D eigenvalue weighted by atomic mass is 32.1. The molecule has 0 aliphatic heterocycles. The Bertz CT molecular complexity index is 1780. The summed E-state index contributed by atoms with van der Waals surface area (Å²) in [5, 5.41) is 9.94. The number of hydrogen-bond donors (Lipinski definition) is 2. The molecule has 2 aromatic carbocycles. The molecule has 0 fully saturated rings. The van der Waals surface area contributed by atoms with Crippen molar-refractivity contribution in [2.45, 2.75) is 6.92 Å². The van der Waals surface area contributed by atoms with Crippen LogP contribution in [0.2, 0.25) is 0 Å². The van der Waals surface area contributed by atoms with E-state index in [2.05, 4.69) is 55.4 Å². The Morgan fingerprint density at radius 3 is 2.68 bits per heavy atom. The van der Waals surface area contributed by atoms with E-state index in [-0.39, 0.29) is 5.78 Å². The lowest BCUT2D eigenvalue weighted by Crippen LogP contribution is -2.19. The van der Waals surface area contributed by atoms with Gasteiger partial charge in [-0.25, -0.2) is 0 Å². The summed E-state index contributed by atoms with van der Waals surface area (Å²) in [5.74, 6) is 0.837. The molecule has 4 aromatic heterocycles. The van der Waals surface area contributed by atoms with Gasteiger partial charge in [-0.05, 0) is 69.0 Å². The topological polar surface area (TPSA) is 86.9 Å². The molecule has 0 saturated carbocycles. The number of fused-ring (bicyclic) bond motifs is 2. The summed E-state index contributed by atoms with van der Waals surface area (Å²) in [4.78, 5) is 23.7. The summed E-state index contributed by atoms with van der Waals surface area (Å²) >= 11 is 1.52. The number of hydrogen-bond acceptors (Lipinski definition) is 6. The molecule has 0 bridgehead atoms. The number of aromatic nitrogens is 4. The van der Waals surface area contributed by atoms with Crippen molar-refractivity contribution in [3.05, 3.63) is 77.9 Å². The molecular weight excluding hydrogens is 494 g/mol. The van der Waals surface area contributed by atoms with E-state index in [1.807, 2.05) is 50.6 Å². The van der Waals surface area contributed by atoms with Crippen molar-refractivity contribution in [2.24, 2.45) is 0 Å². The Hall–Kier alpha value is -4.27. The second kappa shape index (κ2) is 9.89. The summed E-state index contributed by atoms with van der Waals surface area (Å²) in [7, 11) is 4.05. The summed E-state index contributed by atoms with van der Waals surface area (Å²) in [5.41, 5.74) is 6.88. The van der Waals surface area contributed by atoms with Crippen molar-refractivity contribution >= 4 is 38.9 Å². The van der Waals surface area contributed by atoms with Crippen molar-refractivity contribution in [3.63, 3.8) is 0 Å². The fraction of sp³-hybridized carbons (Fsp3) is 0.167. The van der Waals surface area contributed by atoms with Gasteiger partial charge in [0.1, 0.15) is 18.1 Å². The molecule has 7 nitrogen and oxygen atoms in total. The number of thiophene rings is 1. The number of carbonyl (C=O) groups excluding carboxylic acids is 1. The van der Waals surface area contributed by atoms with Gasteiger partial charge in [0.2, 0.25) is 0 Å². The van der Waals surface area contributed by atoms with Gasteiger partial charge >= 0.3 is 0 Å². The van der Waals surface area contributed by atoms with E-state index in [0.717, 1.165) is 71.9 Å². The monoisotopic (exact) mass is 521 g/mol. The minimum absolute atomic E-state index is 0.0860. The Labute approximate surface area is 224 Å². The van der Waals surface area contributed by atoms with Crippen LogP contribution in [-0.2, 0) is 0 Å². The average molecular weight is 522 g/mol. The number of H-pyrrole nitrogens is 2. The number of ether oxygens (including phenoxy) is 1. The van der Waals surface area contributed by atoms with Gasteiger partial charge in [-0.2, -0.15) is 5.10 Å². The Morgan fingerprint density at radius 2 is 1.87 bits per heavy atom. The number of pyridine rings is 1. The van der Waals surface area contributed by atoms with Crippen LogP contribution in [0.4, 0.5) is 0 Å². The highest BCUT2D eigenvalue weighted by Gasteiger charge is 2.16. The molecule has 6 rings (SSSR count). The minimum atomic E-state index is 0.0860. The first-order valence-electron chi connectivity index (χ1n) is 12.4. The maximum absolute atomic E-state index is 11.8. The zero-order valence-electron chi connectivity index (χ0n) is 21.4. The molecule has 0 unspecified atom stereocenters. The fourth-order valence-corrected chi connectivity index (χ4v) is 5.51. The van der Waals surface area contributed by atoms with E-state index in [0.29, 0.717) is 6.61 Å². The van der Waals surface area contributed by atoms with Crippen LogP contribution in [0.15, 0.2) is 73.1 Å². The number of aromatic amines is 2. The Kier molecular flexibility index (Phi) is 6.27. The largest absolute Gasteiger partial charge is 0.491 e. The smallest absolute Gasteiger partial charge is 0.169 e. The molecule has 6 aromatic rings. The third kappa shape index (κ3) is 4.60. The van der Waals surface area contributed by atoms with E-state index in [9.17, 15) is 4.79 Å². The first-order chi connectivity index (χ1) is 18.5. The van der Waals surface area contributed by atoms with Gasteiger partial charge < -0.3 is 14.6 Å². The normalized spacial score (nSPS) is 11.6. The van der Waals surface area contributed by atoms with Crippen molar-refractivity contribution in [3.8, 4) is 38.7 Å². The summed E-state index contributed by atoms with van der Waals surface area (Å²) in [6.07, 6.45) is 3.60. The number of likely N-dealkylation sites (N-methyl/N-ethyl adjacent to an activating group) is 1. The first-order valence-corrected chi connectivity index (χ1v) is 13.2. The summed E-state index contributed by atoms with van der Waals surface area (Å²) < 4.78 is 5.89. The molecule has 2 N–H and O–H groups in total. The first kappa shape index (κ1) is 24.1. The number of nitrogens with zero attached hydrogens (tertiary/aromatic N) is 3. The van der Waals surface area contributed by atoms with Gasteiger partial charge in [0.05, 0.1) is 22.3 Å². The van der Waals surface area contributed by atoms with Crippen LogP contribution in [0.1, 0.15) is 16.6 Å². The van der Waals surface area contributed by atoms with Crippen molar-refractivity contribution in [2.75, 3.05) is 27.2 Å². The van der Waals surface area contributed by atoms with E-state index < -0.39 is 0 Å². The Balaban J connectivity index is 1.37. The van der Waals surface area contributed by atoms with Crippen LogP contribution < -0.4 is 4.74 Å². The molecular formula is C30H27N5O2S. The molecule has 0 aliphatic rings. The lowest BCUT2D eigenvalue weighted by molar-refractivity contribution is 0.102. The van der Waals surface area contributed by atoms with E-state index in [1.165, 1.54) is 11.3 Å². The number of carbonyl (C=O) groups is 1. The van der Waals surface area contributed by atoms with Gasteiger partial charge in [0.25, 0.3) is 0 Å². The van der Waals surface area contributed by atoms with Gasteiger partial charge in [0, 0.05) is 45.0 Å². The van der Waals surface area contributed by atoms with Gasteiger partial charge in [-0.3, -0.25) is 14.9 Å². The number of rotatable bonds is 8. The predicted octanol–water partition coefficient (Wildman–Crippen LogP) is 6.64. The molecule has 0 amide bonds. The fourth-order valence-electron chi connectivity index (χ4n) is 4.57. The van der Waals surface area contributed by atoms with Crippen LogP contribution in [0.25, 0.3) is 54.8 Å². The maximum Gasteiger partial charge on any atom is 0.169 e. The standard InChI is InChI=1S/C30H27N5O2S/c1-18(36)28-9-10-29(38-28)22-5-4-6-25-23(22)15-27(32-25)30-24-14-19(7-8-26(24)33-34-30)20-13-21(17-31-16-20)37-12-11-35(2)3/h4-10,13-17,32H,11-12H2,1-3H3,(H,33,34). The number of benzene rings is 2. The molecule has 0 saturated heterocycles. The van der Waals surface area contributed by atoms with Crippen LogP contribution >= 0.6 is 11.3 Å². The molecule has 4 heterocycles. The van der Waals surface area contributed by atoms with Gasteiger partial charge in [0.15, 0.2) is 5.78 Å². The minimum Gasteiger partial charge on any atom is -0.491 e. The van der Waals surface area contributed by atoms with Crippen molar-refractivity contribution in [1.82, 2.24) is 25.1 Å². The molecule has 0 radical (unpaired) electrons. The van der Waals surface area contributed by atoms with Gasteiger partial charge in [-0.15, -0.1) is 11.3 Å². The average Bonchev–Trinajstić information content (AvgIpc) is 3.66. The zero-order valence-corrected chi connectivity index (χ0v) is 22.2. The molecule has 0 aliphatic carbocycles. The lowest BCUT2D eigenvalue weighted by atomic mass is 10.0. The third-order valence-corrected chi connectivity index (χ3v) is 7.77. The molecule has 0 spiro atoms.